The van der Waals surface area contributed by atoms with Crippen molar-refractivity contribution < 1.29 is 4.79 Å². The number of amides is 1. The van der Waals surface area contributed by atoms with Crippen molar-refractivity contribution in [1.82, 2.24) is 4.90 Å². The van der Waals surface area contributed by atoms with Gasteiger partial charge in [0.1, 0.15) is 0 Å². The molecule has 2 heteroatoms. The van der Waals surface area contributed by atoms with E-state index in [1.807, 2.05) is 20.8 Å². The molecule has 0 unspecified atom stereocenters. The second kappa shape index (κ2) is 3.32. The Morgan fingerprint density at radius 2 is 1.54 bits per heavy atom. The summed E-state index contributed by atoms with van der Waals surface area (Å²) in [5.74, 6) is 0.296. The second-order valence-electron chi connectivity index (χ2n) is 5.24. The van der Waals surface area contributed by atoms with Crippen molar-refractivity contribution in [1.29, 1.82) is 0 Å². The first-order valence-corrected chi connectivity index (χ1v) is 5.17. The highest BCUT2D eigenvalue weighted by molar-refractivity contribution is 5.82. The number of nitrogens with zero attached hydrogens (tertiary/aromatic N) is 1. The van der Waals surface area contributed by atoms with Crippen LogP contribution < -0.4 is 0 Å². The Balaban J connectivity index is 2.76. The molecule has 0 aromatic rings. The maximum Gasteiger partial charge on any atom is 0.228 e. The molecule has 0 saturated carbocycles. The molecule has 0 radical (unpaired) electrons. The van der Waals surface area contributed by atoms with Crippen molar-refractivity contribution in [2.45, 2.75) is 59.5 Å². The Morgan fingerprint density at radius 1 is 1.15 bits per heavy atom. The van der Waals surface area contributed by atoms with Crippen LogP contribution in [-0.4, -0.2) is 22.9 Å². The Bertz CT molecular complexity index is 195. The molecule has 1 rings (SSSR count). The quantitative estimate of drug-likeness (QED) is 0.565. The van der Waals surface area contributed by atoms with Crippen LogP contribution in [0.15, 0.2) is 0 Å². The van der Waals surface area contributed by atoms with E-state index in [1.54, 1.807) is 0 Å². The summed E-state index contributed by atoms with van der Waals surface area (Å²) >= 11 is 0. The highest BCUT2D eigenvalue weighted by atomic mass is 16.2. The topological polar surface area (TPSA) is 20.3 Å². The fraction of sp³-hybridized carbons (Fsp3) is 0.909. The molecule has 1 aliphatic heterocycles. The van der Waals surface area contributed by atoms with Crippen LogP contribution in [0.5, 0.6) is 0 Å². The van der Waals surface area contributed by atoms with Gasteiger partial charge in [0, 0.05) is 17.5 Å². The van der Waals surface area contributed by atoms with Crippen LogP contribution in [0.4, 0.5) is 0 Å². The van der Waals surface area contributed by atoms with Gasteiger partial charge < -0.3 is 4.90 Å². The van der Waals surface area contributed by atoms with Crippen LogP contribution in [-0.2, 0) is 4.79 Å². The number of rotatable bonds is 0. The van der Waals surface area contributed by atoms with Gasteiger partial charge >= 0.3 is 0 Å². The summed E-state index contributed by atoms with van der Waals surface area (Å²) in [5, 5.41) is 0. The highest BCUT2D eigenvalue weighted by Gasteiger charge is 2.36. The average molecular weight is 183 g/mol. The molecule has 0 aromatic carbocycles. The van der Waals surface area contributed by atoms with Crippen LogP contribution in [0.2, 0.25) is 0 Å². The Hall–Kier alpha value is -0.530. The molecule has 76 valence electrons. The fourth-order valence-electron chi connectivity index (χ4n) is 1.98. The van der Waals surface area contributed by atoms with Crippen molar-refractivity contribution in [2.24, 2.45) is 5.41 Å². The normalized spacial score (nSPS) is 29.5. The molecular weight excluding hydrogens is 162 g/mol. The molecule has 1 heterocycles. The van der Waals surface area contributed by atoms with Crippen LogP contribution in [0.3, 0.4) is 0 Å². The third-order valence-corrected chi connectivity index (χ3v) is 2.83. The monoisotopic (exact) mass is 183 g/mol. The van der Waals surface area contributed by atoms with E-state index in [0.29, 0.717) is 18.0 Å². The minimum Gasteiger partial charge on any atom is -0.337 e. The fourth-order valence-corrected chi connectivity index (χ4v) is 1.98. The van der Waals surface area contributed by atoms with Gasteiger partial charge in [-0.3, -0.25) is 4.79 Å². The van der Waals surface area contributed by atoms with E-state index in [0.717, 1.165) is 12.8 Å². The Kier molecular flexibility index (Phi) is 2.69. The molecule has 0 spiro atoms. The molecule has 1 aliphatic rings. The minimum atomic E-state index is -0.229. The van der Waals surface area contributed by atoms with Gasteiger partial charge in [-0.25, -0.2) is 0 Å². The molecule has 1 amide bonds. The lowest BCUT2D eigenvalue weighted by atomic mass is 9.94. The van der Waals surface area contributed by atoms with Gasteiger partial charge in [-0.1, -0.05) is 20.8 Å². The third-order valence-electron chi connectivity index (χ3n) is 2.83. The van der Waals surface area contributed by atoms with Crippen LogP contribution in [0.25, 0.3) is 0 Å². The van der Waals surface area contributed by atoms with Gasteiger partial charge in [-0.15, -0.1) is 0 Å². The van der Waals surface area contributed by atoms with Gasteiger partial charge in [-0.2, -0.15) is 0 Å². The van der Waals surface area contributed by atoms with E-state index in [-0.39, 0.29) is 5.41 Å². The van der Waals surface area contributed by atoms with E-state index in [2.05, 4.69) is 18.7 Å². The number of hydrogen-bond donors (Lipinski definition) is 0. The lowest BCUT2D eigenvalue weighted by Crippen LogP contribution is -2.44. The maximum atomic E-state index is 12.0. The molecular formula is C11H21NO. The highest BCUT2D eigenvalue weighted by Crippen LogP contribution is 2.29. The molecule has 0 bridgehead atoms. The Labute approximate surface area is 81.3 Å². The molecule has 0 aliphatic carbocycles. The zero-order chi connectivity index (χ0) is 10.2. The molecule has 1 fully saturated rings. The Morgan fingerprint density at radius 3 is 1.85 bits per heavy atom. The van der Waals surface area contributed by atoms with E-state index in [4.69, 9.17) is 0 Å². The van der Waals surface area contributed by atoms with Crippen LogP contribution in [0, 0.1) is 5.41 Å². The van der Waals surface area contributed by atoms with Gasteiger partial charge in [0.2, 0.25) is 5.91 Å². The lowest BCUT2D eigenvalue weighted by Gasteiger charge is -2.32. The summed E-state index contributed by atoms with van der Waals surface area (Å²) in [6, 6.07) is 0.864. The van der Waals surface area contributed by atoms with Gasteiger partial charge in [0.05, 0.1) is 0 Å². The van der Waals surface area contributed by atoms with Crippen molar-refractivity contribution >= 4 is 5.91 Å². The van der Waals surface area contributed by atoms with Gasteiger partial charge in [0.15, 0.2) is 0 Å². The maximum absolute atomic E-state index is 12.0. The average Bonchev–Trinajstić information content (AvgIpc) is 2.28. The first kappa shape index (κ1) is 10.6. The molecule has 2 nitrogen and oxygen atoms in total. The van der Waals surface area contributed by atoms with Crippen LogP contribution >= 0.6 is 0 Å². The molecule has 0 aromatic heterocycles. The summed E-state index contributed by atoms with van der Waals surface area (Å²) in [6.45, 7) is 10.3. The van der Waals surface area contributed by atoms with Crippen molar-refractivity contribution in [3.05, 3.63) is 0 Å². The zero-order valence-electron chi connectivity index (χ0n) is 9.42. The smallest absolute Gasteiger partial charge is 0.228 e. The van der Waals surface area contributed by atoms with Gasteiger partial charge in [-0.05, 0) is 26.7 Å². The SMILES string of the molecule is C[C@H]1CC[C@H](C)N1C(=O)C(C)(C)C. The molecule has 13 heavy (non-hydrogen) atoms. The van der Waals surface area contributed by atoms with E-state index >= 15 is 0 Å². The number of hydrogen-bond acceptors (Lipinski definition) is 1. The van der Waals surface area contributed by atoms with E-state index in [1.165, 1.54) is 0 Å². The second-order valence-corrected chi connectivity index (χ2v) is 5.24. The van der Waals surface area contributed by atoms with Crippen LogP contribution in [0.1, 0.15) is 47.5 Å². The summed E-state index contributed by atoms with van der Waals surface area (Å²) in [4.78, 5) is 14.1. The van der Waals surface area contributed by atoms with Gasteiger partial charge in [0.25, 0.3) is 0 Å². The summed E-state index contributed by atoms with van der Waals surface area (Å²) in [6.07, 6.45) is 2.31. The van der Waals surface area contributed by atoms with Crippen molar-refractivity contribution in [3.63, 3.8) is 0 Å². The van der Waals surface area contributed by atoms with E-state index in [9.17, 15) is 4.79 Å². The van der Waals surface area contributed by atoms with Crippen molar-refractivity contribution in [2.75, 3.05) is 0 Å². The summed E-state index contributed by atoms with van der Waals surface area (Å²) in [5.41, 5.74) is -0.229. The molecule has 2 atom stereocenters. The summed E-state index contributed by atoms with van der Waals surface area (Å²) in [7, 11) is 0. The first-order chi connectivity index (χ1) is 5.84. The van der Waals surface area contributed by atoms with Crippen molar-refractivity contribution in [3.8, 4) is 0 Å². The number of carbonyl (C=O) groups is 1. The largest absolute Gasteiger partial charge is 0.337 e. The van der Waals surface area contributed by atoms with E-state index < -0.39 is 0 Å². The summed E-state index contributed by atoms with van der Waals surface area (Å²) < 4.78 is 0. The minimum absolute atomic E-state index is 0.229. The lowest BCUT2D eigenvalue weighted by molar-refractivity contribution is -0.141. The molecule has 0 N–H and O–H groups in total. The zero-order valence-corrected chi connectivity index (χ0v) is 9.42. The standard InChI is InChI=1S/C11H21NO/c1-8-6-7-9(2)12(8)10(13)11(3,4)5/h8-9H,6-7H2,1-5H3/t8-,9-/m0/s1. The predicted octanol–water partition coefficient (Wildman–Crippen LogP) is 2.43. The first-order valence-electron chi connectivity index (χ1n) is 5.17. The number of carbonyl (C=O) groups excluding carboxylic acids is 1. The third kappa shape index (κ3) is 2.04. The predicted molar refractivity (Wildman–Crippen MR) is 54.5 cm³/mol. The molecule has 1 saturated heterocycles. The number of likely N-dealkylation sites (tertiary alicyclic amines) is 1.